The molecule has 5 heterocycles. The molecule has 1 fully saturated rings. The summed E-state index contributed by atoms with van der Waals surface area (Å²) in [7, 11) is 1.25. The van der Waals surface area contributed by atoms with E-state index < -0.39 is 29.4 Å². The van der Waals surface area contributed by atoms with E-state index in [1.54, 1.807) is 6.92 Å². The van der Waals surface area contributed by atoms with Crippen LogP contribution in [0.4, 0.5) is 0 Å². The van der Waals surface area contributed by atoms with Gasteiger partial charge in [0.2, 0.25) is 5.60 Å². The van der Waals surface area contributed by atoms with Crippen molar-refractivity contribution in [1.82, 2.24) is 14.5 Å². The number of amides is 1. The van der Waals surface area contributed by atoms with Crippen LogP contribution in [0.15, 0.2) is 48.5 Å². The number of nitrogens with one attached hydrogen (secondary N) is 1. The second kappa shape index (κ2) is 6.93. The molecule has 3 aromatic carbocycles. The SMILES string of the molecule is COC(=O)[C@]1(O)[C@H](CCO)[C@@H]2O[C@@]1(C)n1c3ccccc3c3c4c(c5c6ccccc6n2c5c31)C(=O)NC4. The van der Waals surface area contributed by atoms with Crippen molar-refractivity contribution in [3.8, 4) is 0 Å². The van der Waals surface area contributed by atoms with Crippen LogP contribution in [0.1, 0.15) is 35.5 Å². The van der Waals surface area contributed by atoms with E-state index in [2.05, 4.69) is 5.32 Å². The number of rotatable bonds is 3. The molecule has 3 N–H and O–H groups in total. The van der Waals surface area contributed by atoms with Crippen LogP contribution in [0.5, 0.6) is 0 Å². The lowest BCUT2D eigenvalue weighted by Crippen LogP contribution is -2.60. The summed E-state index contributed by atoms with van der Waals surface area (Å²) in [5, 5.41) is 29.1. The lowest BCUT2D eigenvalue weighted by molar-refractivity contribution is -0.205. The minimum atomic E-state index is -2.12. The van der Waals surface area contributed by atoms with Gasteiger partial charge in [0.25, 0.3) is 5.91 Å². The van der Waals surface area contributed by atoms with Gasteiger partial charge in [0, 0.05) is 34.7 Å². The zero-order valence-corrected chi connectivity index (χ0v) is 20.8. The number of fused-ring (bicyclic) bond motifs is 13. The van der Waals surface area contributed by atoms with E-state index in [4.69, 9.17) is 9.47 Å². The van der Waals surface area contributed by atoms with Crippen molar-refractivity contribution in [2.24, 2.45) is 5.92 Å². The van der Waals surface area contributed by atoms with Gasteiger partial charge in [-0.2, -0.15) is 0 Å². The summed E-state index contributed by atoms with van der Waals surface area (Å²) in [5.74, 6) is -1.78. The van der Waals surface area contributed by atoms with Crippen LogP contribution in [0.25, 0.3) is 43.6 Å². The predicted octanol–water partition coefficient (Wildman–Crippen LogP) is 3.26. The Kier molecular flexibility index (Phi) is 4.03. The Bertz CT molecular complexity index is 1900. The molecule has 38 heavy (non-hydrogen) atoms. The highest BCUT2D eigenvalue weighted by molar-refractivity contribution is 6.31. The first kappa shape index (κ1) is 22.1. The Morgan fingerprint density at radius 3 is 2.50 bits per heavy atom. The number of benzene rings is 3. The molecule has 5 aromatic rings. The molecule has 3 aliphatic heterocycles. The molecule has 2 bridgehead atoms. The maximum Gasteiger partial charge on any atom is 0.343 e. The van der Waals surface area contributed by atoms with Crippen LogP contribution in [-0.4, -0.2) is 50.5 Å². The number of nitrogens with zero attached hydrogens (tertiary/aromatic N) is 2. The summed E-state index contributed by atoms with van der Waals surface area (Å²) in [6.45, 7) is 1.84. The van der Waals surface area contributed by atoms with Crippen LogP contribution in [0.2, 0.25) is 0 Å². The highest BCUT2D eigenvalue weighted by atomic mass is 16.6. The fourth-order valence-corrected chi connectivity index (χ4v) is 7.59. The van der Waals surface area contributed by atoms with Crippen molar-refractivity contribution >= 4 is 55.5 Å². The Morgan fingerprint density at radius 2 is 1.79 bits per heavy atom. The van der Waals surface area contributed by atoms with Gasteiger partial charge in [0.15, 0.2) is 5.72 Å². The molecule has 0 saturated carbocycles. The lowest BCUT2D eigenvalue weighted by Gasteiger charge is -2.40. The van der Waals surface area contributed by atoms with E-state index in [0.29, 0.717) is 12.1 Å². The van der Waals surface area contributed by atoms with E-state index in [1.807, 2.05) is 57.7 Å². The third kappa shape index (κ3) is 2.15. The number of aromatic nitrogens is 2. The molecular weight excluding hydrogens is 486 g/mol. The number of aliphatic hydroxyl groups excluding tert-OH is 1. The molecule has 0 spiro atoms. The van der Waals surface area contributed by atoms with Gasteiger partial charge in [0.1, 0.15) is 6.23 Å². The first-order chi connectivity index (χ1) is 18.4. The van der Waals surface area contributed by atoms with E-state index in [1.165, 1.54) is 7.11 Å². The smallest absolute Gasteiger partial charge is 0.343 e. The molecule has 3 aliphatic rings. The number of carbonyl (C=O) groups excluding carboxylic acids is 2. The van der Waals surface area contributed by atoms with E-state index in [9.17, 15) is 19.8 Å². The number of methoxy groups -OCH3 is 1. The van der Waals surface area contributed by atoms with Crippen LogP contribution >= 0.6 is 0 Å². The molecule has 192 valence electrons. The zero-order valence-electron chi connectivity index (χ0n) is 20.8. The molecule has 0 radical (unpaired) electrons. The van der Waals surface area contributed by atoms with Gasteiger partial charge in [-0.15, -0.1) is 0 Å². The monoisotopic (exact) mass is 511 g/mol. The number of para-hydroxylation sites is 2. The third-order valence-corrected chi connectivity index (χ3v) is 9.07. The van der Waals surface area contributed by atoms with E-state index >= 15 is 0 Å². The standard InChI is InChI=1S/C29H25N3O6/c1-28-29(36,27(35)37-2)17(11-12-33)26(38-28)31-18-9-5-3-7-14(18)21-22-16(13-30-25(22)34)20-15-8-4-6-10-19(15)32(28)24(20)23(21)31/h3-10,17,26,33,36H,11-13H2,1-2H3,(H,30,34)/t17-,26+,28-,29-/m1/s1. The fourth-order valence-electron chi connectivity index (χ4n) is 7.59. The van der Waals surface area contributed by atoms with Crippen molar-refractivity contribution in [1.29, 1.82) is 0 Å². The fraction of sp³-hybridized carbons (Fsp3) is 0.310. The molecule has 9 nitrogen and oxygen atoms in total. The van der Waals surface area contributed by atoms with Gasteiger partial charge in [-0.3, -0.25) is 4.79 Å². The predicted molar refractivity (Wildman–Crippen MR) is 140 cm³/mol. The molecule has 4 atom stereocenters. The summed E-state index contributed by atoms with van der Waals surface area (Å²) in [6.07, 6.45) is -0.716. The molecule has 1 amide bonds. The van der Waals surface area contributed by atoms with Gasteiger partial charge in [0.05, 0.1) is 40.7 Å². The normalized spacial score (nSPS) is 27.5. The summed E-state index contributed by atoms with van der Waals surface area (Å²) < 4.78 is 16.0. The van der Waals surface area contributed by atoms with E-state index in [0.717, 1.165) is 49.2 Å². The second-order valence-electron chi connectivity index (χ2n) is 10.6. The van der Waals surface area contributed by atoms with Crippen LogP contribution in [0.3, 0.4) is 0 Å². The van der Waals surface area contributed by atoms with Gasteiger partial charge in [-0.1, -0.05) is 36.4 Å². The average molecular weight is 512 g/mol. The number of ether oxygens (including phenoxy) is 2. The highest BCUT2D eigenvalue weighted by Gasteiger charge is 2.71. The largest absolute Gasteiger partial charge is 0.467 e. The van der Waals surface area contributed by atoms with Crippen molar-refractivity contribution in [3.63, 3.8) is 0 Å². The Balaban J connectivity index is 1.71. The molecule has 0 aliphatic carbocycles. The maximum absolute atomic E-state index is 13.5. The van der Waals surface area contributed by atoms with Gasteiger partial charge in [-0.05, 0) is 31.0 Å². The summed E-state index contributed by atoms with van der Waals surface area (Å²) in [6, 6.07) is 15.6. The summed E-state index contributed by atoms with van der Waals surface area (Å²) >= 11 is 0. The zero-order chi connectivity index (χ0) is 26.1. The topological polar surface area (TPSA) is 115 Å². The number of aliphatic hydroxyl groups is 2. The molecule has 0 unspecified atom stereocenters. The first-order valence-electron chi connectivity index (χ1n) is 12.8. The van der Waals surface area contributed by atoms with Crippen LogP contribution in [-0.2, 0) is 26.5 Å². The van der Waals surface area contributed by atoms with Crippen molar-refractivity contribution in [2.75, 3.05) is 13.7 Å². The van der Waals surface area contributed by atoms with Crippen LogP contribution in [0, 0.1) is 5.92 Å². The molecular formula is C29H25N3O6. The van der Waals surface area contributed by atoms with Crippen LogP contribution < -0.4 is 5.32 Å². The summed E-state index contributed by atoms with van der Waals surface area (Å²) in [5.41, 5.74) is 1.04. The quantitative estimate of drug-likeness (QED) is 0.321. The Morgan fingerprint density at radius 1 is 1.11 bits per heavy atom. The minimum Gasteiger partial charge on any atom is -0.467 e. The number of carbonyl (C=O) groups is 2. The Labute approximate surface area is 216 Å². The highest BCUT2D eigenvalue weighted by Crippen LogP contribution is 2.60. The number of esters is 1. The van der Waals surface area contributed by atoms with Gasteiger partial charge < -0.3 is 34.1 Å². The lowest BCUT2D eigenvalue weighted by atomic mass is 9.78. The van der Waals surface area contributed by atoms with Crippen molar-refractivity contribution in [3.05, 3.63) is 59.7 Å². The molecule has 2 aromatic heterocycles. The van der Waals surface area contributed by atoms with E-state index in [-0.39, 0.29) is 18.9 Å². The first-order valence-corrected chi connectivity index (χ1v) is 12.8. The molecule has 8 rings (SSSR count). The maximum atomic E-state index is 13.5. The number of hydrogen-bond acceptors (Lipinski definition) is 6. The van der Waals surface area contributed by atoms with Crippen molar-refractivity contribution < 1.29 is 29.3 Å². The third-order valence-electron chi connectivity index (χ3n) is 9.07. The summed E-state index contributed by atoms with van der Waals surface area (Å²) in [4.78, 5) is 26.9. The molecule has 1 saturated heterocycles. The van der Waals surface area contributed by atoms with Gasteiger partial charge >= 0.3 is 5.97 Å². The second-order valence-corrected chi connectivity index (χ2v) is 10.6. The average Bonchev–Trinajstić information content (AvgIpc) is 3.61. The minimum absolute atomic E-state index is 0.100. The molecule has 9 heteroatoms. The Hall–Kier alpha value is -3.92. The number of hydrogen-bond donors (Lipinski definition) is 3. The van der Waals surface area contributed by atoms with Gasteiger partial charge in [-0.25, -0.2) is 4.79 Å². The van der Waals surface area contributed by atoms with Crippen molar-refractivity contribution in [2.45, 2.75) is 37.4 Å².